The molecule has 2 aliphatic heterocycles. The lowest BCUT2D eigenvalue weighted by Crippen LogP contribution is -2.02. The Morgan fingerprint density at radius 3 is 2.50 bits per heavy atom. The van der Waals surface area contributed by atoms with Crippen LogP contribution in [0.15, 0.2) is 29.3 Å². The Balaban J connectivity index is 2.26. The highest BCUT2D eigenvalue weighted by atomic mass is 32.2. The Hall–Kier alpha value is -0.690. The third kappa shape index (κ3) is 0.864. The maximum absolute atomic E-state index is 2.30. The van der Waals surface area contributed by atoms with E-state index in [9.17, 15) is 0 Å². The zero-order chi connectivity index (χ0) is 9.87. The summed E-state index contributed by atoms with van der Waals surface area (Å²) in [6.45, 7) is 6.82. The van der Waals surface area contributed by atoms with Gasteiger partial charge in [0.15, 0.2) is 0 Å². The van der Waals surface area contributed by atoms with E-state index in [-0.39, 0.29) is 0 Å². The van der Waals surface area contributed by atoms with E-state index in [0.717, 1.165) is 0 Å². The van der Waals surface area contributed by atoms with Crippen molar-refractivity contribution in [3.8, 4) is 0 Å². The molecule has 0 radical (unpaired) electrons. The molecule has 1 aromatic carbocycles. The van der Waals surface area contributed by atoms with Gasteiger partial charge in [-0.1, -0.05) is 29.3 Å². The molecule has 0 N–H and O–H groups in total. The topological polar surface area (TPSA) is 0 Å². The number of hydrogen-bond acceptors (Lipinski definition) is 1. The molecule has 2 aliphatic rings. The van der Waals surface area contributed by atoms with Gasteiger partial charge in [-0.15, -0.1) is 11.8 Å². The summed E-state index contributed by atoms with van der Waals surface area (Å²) >= 11 is 2.12. The zero-order valence-electron chi connectivity index (χ0n) is 8.79. The molecule has 14 heavy (non-hydrogen) atoms. The first kappa shape index (κ1) is 8.60. The van der Waals surface area contributed by atoms with Crippen molar-refractivity contribution in [1.29, 1.82) is 0 Å². The predicted octanol–water partition coefficient (Wildman–Crippen LogP) is 4.17. The van der Waals surface area contributed by atoms with Gasteiger partial charge in [-0.3, -0.25) is 0 Å². The first-order valence-electron chi connectivity index (χ1n) is 5.12. The summed E-state index contributed by atoms with van der Waals surface area (Å²) in [5.41, 5.74) is 7.84. The number of aryl methyl sites for hydroxylation is 1. The third-order valence-electron chi connectivity index (χ3n) is 3.58. The fourth-order valence-corrected chi connectivity index (χ4v) is 4.50. The normalized spacial score (nSPS) is 28.5. The van der Waals surface area contributed by atoms with E-state index in [1.165, 1.54) is 5.56 Å². The highest BCUT2D eigenvalue weighted by Crippen LogP contribution is 2.63. The van der Waals surface area contributed by atoms with E-state index in [0.29, 0.717) is 10.5 Å². The van der Waals surface area contributed by atoms with Gasteiger partial charge >= 0.3 is 0 Å². The minimum atomic E-state index is 0.662. The molecule has 72 valence electrons. The van der Waals surface area contributed by atoms with Gasteiger partial charge in [0.1, 0.15) is 0 Å². The minimum absolute atomic E-state index is 0.662. The molecule has 2 heterocycles. The second-order valence-corrected chi connectivity index (χ2v) is 5.55. The quantitative estimate of drug-likeness (QED) is 0.569. The predicted molar refractivity (Wildman–Crippen MR) is 62.6 cm³/mol. The molecule has 0 fully saturated rings. The lowest BCUT2D eigenvalue weighted by atomic mass is 9.85. The summed E-state index contributed by atoms with van der Waals surface area (Å²) in [6.07, 6.45) is 0. The highest BCUT2D eigenvalue weighted by Gasteiger charge is 2.40. The van der Waals surface area contributed by atoms with Crippen LogP contribution in [0.1, 0.15) is 41.0 Å². The molecule has 2 atom stereocenters. The van der Waals surface area contributed by atoms with Crippen LogP contribution in [0.25, 0.3) is 0 Å². The van der Waals surface area contributed by atoms with Crippen molar-refractivity contribution < 1.29 is 0 Å². The molecule has 1 aromatic rings. The summed E-state index contributed by atoms with van der Waals surface area (Å²) in [5, 5.41) is 1.33. The number of rotatable bonds is 0. The maximum atomic E-state index is 2.30. The molecular weight excluding hydrogens is 188 g/mol. The molecule has 0 spiro atoms. The van der Waals surface area contributed by atoms with Crippen LogP contribution in [-0.2, 0) is 0 Å². The molecule has 0 nitrogen and oxygen atoms in total. The molecule has 3 rings (SSSR count). The Morgan fingerprint density at radius 1 is 1.00 bits per heavy atom. The zero-order valence-corrected chi connectivity index (χ0v) is 9.61. The lowest BCUT2D eigenvalue weighted by molar-refractivity contribution is 0.975. The molecule has 0 amide bonds. The highest BCUT2D eigenvalue weighted by molar-refractivity contribution is 8.00. The fraction of sp³-hybridized carbons (Fsp3) is 0.385. The van der Waals surface area contributed by atoms with Crippen molar-refractivity contribution in [3.63, 3.8) is 0 Å². The second kappa shape index (κ2) is 2.66. The van der Waals surface area contributed by atoms with Crippen molar-refractivity contribution >= 4 is 11.8 Å². The standard InChI is InChI=1S/C13H14S/c1-7-5-4-6-10-11(7)13-9(3)8(2)12(10)14-13/h4-6,12-13H,1-3H3/t12-,13+/m0/s1. The smallest absolute Gasteiger partial charge is 0.0522 e. The van der Waals surface area contributed by atoms with Crippen molar-refractivity contribution in [2.75, 3.05) is 0 Å². The monoisotopic (exact) mass is 202 g/mol. The Kier molecular flexibility index (Phi) is 1.64. The maximum Gasteiger partial charge on any atom is 0.0522 e. The van der Waals surface area contributed by atoms with E-state index in [1.54, 1.807) is 22.3 Å². The fourth-order valence-electron chi connectivity index (χ4n) is 2.64. The largest absolute Gasteiger partial charge is 0.137 e. The van der Waals surface area contributed by atoms with Crippen LogP contribution in [0.4, 0.5) is 0 Å². The number of benzene rings is 1. The molecule has 0 saturated heterocycles. The van der Waals surface area contributed by atoms with Gasteiger partial charge in [0.2, 0.25) is 0 Å². The van der Waals surface area contributed by atoms with Gasteiger partial charge in [0, 0.05) is 0 Å². The third-order valence-corrected chi connectivity index (χ3v) is 5.32. The summed E-state index contributed by atoms with van der Waals surface area (Å²) in [5.74, 6) is 0. The molecule has 0 aliphatic carbocycles. The Labute approximate surface area is 89.4 Å². The van der Waals surface area contributed by atoms with Crippen LogP contribution >= 0.6 is 11.8 Å². The summed E-state index contributed by atoms with van der Waals surface area (Å²) in [6, 6.07) is 6.73. The molecule has 0 unspecified atom stereocenters. The Morgan fingerprint density at radius 2 is 1.71 bits per heavy atom. The van der Waals surface area contributed by atoms with E-state index in [4.69, 9.17) is 0 Å². The Bertz CT molecular complexity index is 443. The molecular formula is C13H14S. The van der Waals surface area contributed by atoms with Crippen LogP contribution < -0.4 is 0 Å². The lowest BCUT2D eigenvalue weighted by Gasteiger charge is -2.18. The van der Waals surface area contributed by atoms with Crippen LogP contribution in [0, 0.1) is 6.92 Å². The van der Waals surface area contributed by atoms with Crippen molar-refractivity contribution in [3.05, 3.63) is 46.0 Å². The number of hydrogen-bond donors (Lipinski definition) is 0. The van der Waals surface area contributed by atoms with E-state index in [1.807, 2.05) is 0 Å². The van der Waals surface area contributed by atoms with Crippen LogP contribution in [0.2, 0.25) is 0 Å². The average molecular weight is 202 g/mol. The van der Waals surface area contributed by atoms with Crippen LogP contribution in [0.3, 0.4) is 0 Å². The number of fused-ring (bicyclic) bond motifs is 5. The first-order valence-corrected chi connectivity index (χ1v) is 6.06. The van der Waals surface area contributed by atoms with Crippen molar-refractivity contribution in [2.45, 2.75) is 31.3 Å². The van der Waals surface area contributed by atoms with Crippen LogP contribution in [-0.4, -0.2) is 0 Å². The van der Waals surface area contributed by atoms with E-state index in [2.05, 4.69) is 50.7 Å². The SMILES string of the molecule is CC1=C(C)[C@@H]2S[C@H]1c1c(C)cccc12. The van der Waals surface area contributed by atoms with E-state index < -0.39 is 0 Å². The van der Waals surface area contributed by atoms with Gasteiger partial charge in [-0.05, 0) is 37.5 Å². The van der Waals surface area contributed by atoms with Crippen LogP contribution in [0.5, 0.6) is 0 Å². The minimum Gasteiger partial charge on any atom is -0.137 e. The second-order valence-electron chi connectivity index (χ2n) is 4.34. The summed E-state index contributed by atoms with van der Waals surface area (Å²) in [7, 11) is 0. The first-order chi connectivity index (χ1) is 6.70. The molecule has 0 saturated carbocycles. The van der Waals surface area contributed by atoms with Gasteiger partial charge in [-0.25, -0.2) is 0 Å². The average Bonchev–Trinajstić information content (AvgIpc) is 2.67. The molecule has 1 heteroatoms. The van der Waals surface area contributed by atoms with Crippen molar-refractivity contribution in [1.82, 2.24) is 0 Å². The molecule has 0 aromatic heterocycles. The summed E-state index contributed by atoms with van der Waals surface area (Å²) < 4.78 is 0. The number of thioether (sulfide) groups is 1. The van der Waals surface area contributed by atoms with Gasteiger partial charge < -0.3 is 0 Å². The molecule has 2 bridgehead atoms. The van der Waals surface area contributed by atoms with E-state index >= 15 is 0 Å². The van der Waals surface area contributed by atoms with Gasteiger partial charge in [-0.2, -0.15) is 0 Å². The van der Waals surface area contributed by atoms with Crippen molar-refractivity contribution in [2.24, 2.45) is 0 Å². The summed E-state index contributed by atoms with van der Waals surface area (Å²) in [4.78, 5) is 0. The van der Waals surface area contributed by atoms with Gasteiger partial charge in [0.25, 0.3) is 0 Å². The van der Waals surface area contributed by atoms with Gasteiger partial charge in [0.05, 0.1) is 10.5 Å².